The molecule has 2 amide bonds. The number of aromatic nitrogens is 2. The van der Waals surface area contributed by atoms with E-state index in [9.17, 15) is 9.59 Å². The molecular formula is C18H22N4O3S. The summed E-state index contributed by atoms with van der Waals surface area (Å²) in [4.78, 5) is 26.5. The predicted octanol–water partition coefficient (Wildman–Crippen LogP) is 3.05. The zero-order valence-corrected chi connectivity index (χ0v) is 15.9. The lowest BCUT2D eigenvalue weighted by Crippen LogP contribution is -2.28. The summed E-state index contributed by atoms with van der Waals surface area (Å²) >= 11 is 1.37. The number of hydrogen-bond acceptors (Lipinski definition) is 6. The highest BCUT2D eigenvalue weighted by atomic mass is 32.1. The quantitative estimate of drug-likeness (QED) is 0.840. The van der Waals surface area contributed by atoms with Crippen LogP contribution >= 0.6 is 11.3 Å². The summed E-state index contributed by atoms with van der Waals surface area (Å²) in [6.45, 7) is 6.92. The minimum absolute atomic E-state index is 0.0607. The molecule has 0 bridgehead atoms. The molecule has 0 spiro atoms. The molecule has 8 heteroatoms. The van der Waals surface area contributed by atoms with Crippen molar-refractivity contribution in [1.29, 1.82) is 0 Å². The highest BCUT2D eigenvalue weighted by Gasteiger charge is 2.35. The summed E-state index contributed by atoms with van der Waals surface area (Å²) in [5.41, 5.74) is 0.770. The summed E-state index contributed by atoms with van der Waals surface area (Å²) in [5.74, 6) is 0.365. The van der Waals surface area contributed by atoms with Crippen molar-refractivity contribution >= 4 is 34.0 Å². The van der Waals surface area contributed by atoms with Gasteiger partial charge in [0.05, 0.1) is 12.5 Å². The predicted molar refractivity (Wildman–Crippen MR) is 101 cm³/mol. The Morgan fingerprint density at radius 2 is 2.08 bits per heavy atom. The molecule has 2 heterocycles. The van der Waals surface area contributed by atoms with Gasteiger partial charge in [-0.15, -0.1) is 10.2 Å². The van der Waals surface area contributed by atoms with Gasteiger partial charge in [-0.05, 0) is 31.2 Å². The van der Waals surface area contributed by atoms with Crippen LogP contribution in [0.4, 0.5) is 10.8 Å². The number of rotatable bonds is 6. The number of hydrogen-bond donors (Lipinski definition) is 1. The van der Waals surface area contributed by atoms with Gasteiger partial charge in [0, 0.05) is 24.6 Å². The van der Waals surface area contributed by atoms with Crippen LogP contribution in [0.3, 0.4) is 0 Å². The van der Waals surface area contributed by atoms with E-state index < -0.39 is 5.92 Å². The third-order valence-corrected chi connectivity index (χ3v) is 5.26. The second-order valence-electron chi connectivity index (χ2n) is 6.42. The first-order chi connectivity index (χ1) is 12.5. The number of carbonyl (C=O) groups is 2. The average Bonchev–Trinajstić information content (AvgIpc) is 3.23. The van der Waals surface area contributed by atoms with Crippen molar-refractivity contribution in [3.8, 4) is 5.75 Å². The Hall–Kier alpha value is -2.48. The zero-order chi connectivity index (χ0) is 18.7. The van der Waals surface area contributed by atoms with Crippen LogP contribution in [-0.4, -0.2) is 35.2 Å². The monoisotopic (exact) mass is 374 g/mol. The summed E-state index contributed by atoms with van der Waals surface area (Å²) in [6.07, 6.45) is 0.189. The first kappa shape index (κ1) is 18.3. The maximum Gasteiger partial charge on any atom is 0.231 e. The van der Waals surface area contributed by atoms with Gasteiger partial charge in [-0.25, -0.2) is 0 Å². The Morgan fingerprint density at radius 1 is 1.35 bits per heavy atom. The van der Waals surface area contributed by atoms with Crippen molar-refractivity contribution in [2.75, 3.05) is 23.4 Å². The molecule has 1 atom stereocenters. The number of amides is 2. The number of ether oxygens (including phenoxy) is 1. The van der Waals surface area contributed by atoms with E-state index in [-0.39, 0.29) is 24.2 Å². The molecule has 138 valence electrons. The van der Waals surface area contributed by atoms with Crippen LogP contribution in [0.15, 0.2) is 24.3 Å². The molecule has 2 aromatic rings. The molecule has 1 aromatic heterocycles. The molecule has 1 aliphatic rings. The van der Waals surface area contributed by atoms with Crippen molar-refractivity contribution in [3.63, 3.8) is 0 Å². The summed E-state index contributed by atoms with van der Waals surface area (Å²) in [6, 6.07) is 7.33. The maximum absolute atomic E-state index is 12.5. The lowest BCUT2D eigenvalue weighted by molar-refractivity contribution is -0.122. The van der Waals surface area contributed by atoms with Crippen LogP contribution in [-0.2, 0) is 9.59 Å². The molecule has 0 unspecified atom stereocenters. The van der Waals surface area contributed by atoms with E-state index in [1.54, 1.807) is 4.90 Å². The van der Waals surface area contributed by atoms with Gasteiger partial charge >= 0.3 is 0 Å². The Kier molecular flexibility index (Phi) is 5.51. The van der Waals surface area contributed by atoms with Crippen LogP contribution < -0.4 is 15.0 Å². The van der Waals surface area contributed by atoms with E-state index in [0.717, 1.165) is 16.4 Å². The minimum atomic E-state index is -0.402. The number of anilines is 2. The smallest absolute Gasteiger partial charge is 0.231 e. The highest BCUT2D eigenvalue weighted by Crippen LogP contribution is 2.28. The normalized spacial score (nSPS) is 17.0. The summed E-state index contributed by atoms with van der Waals surface area (Å²) in [5, 5.41) is 12.2. The van der Waals surface area contributed by atoms with Gasteiger partial charge in [-0.1, -0.05) is 25.2 Å². The second-order valence-corrected chi connectivity index (χ2v) is 7.43. The number of carbonyl (C=O) groups excluding carboxylic acids is 2. The number of nitrogens with one attached hydrogen (secondary N) is 1. The lowest BCUT2D eigenvalue weighted by atomic mass is 10.1. The van der Waals surface area contributed by atoms with Crippen molar-refractivity contribution < 1.29 is 14.3 Å². The minimum Gasteiger partial charge on any atom is -0.494 e. The van der Waals surface area contributed by atoms with E-state index in [4.69, 9.17) is 4.74 Å². The topological polar surface area (TPSA) is 84.4 Å². The van der Waals surface area contributed by atoms with E-state index in [1.165, 1.54) is 11.3 Å². The molecule has 1 aromatic carbocycles. The Labute approximate surface area is 156 Å². The molecule has 0 saturated carbocycles. The fourth-order valence-electron chi connectivity index (χ4n) is 2.75. The molecule has 7 nitrogen and oxygen atoms in total. The molecule has 1 fully saturated rings. The van der Waals surface area contributed by atoms with Gasteiger partial charge in [0.2, 0.25) is 16.9 Å². The summed E-state index contributed by atoms with van der Waals surface area (Å²) in [7, 11) is 0. The van der Waals surface area contributed by atoms with Crippen LogP contribution in [0.5, 0.6) is 5.75 Å². The van der Waals surface area contributed by atoms with Crippen LogP contribution in [0.25, 0.3) is 0 Å². The zero-order valence-electron chi connectivity index (χ0n) is 15.1. The standard InChI is InChI=1S/C18H22N4O3S/c1-4-25-14-7-5-13(6-8-14)22-10-12(9-15(22)23)16(24)19-18-21-20-17(26-18)11(2)3/h5-8,11-12H,4,9-10H2,1-3H3,(H,19,21,24)/t12-/m1/s1. The van der Waals surface area contributed by atoms with Crippen molar-refractivity contribution in [2.24, 2.45) is 5.92 Å². The maximum atomic E-state index is 12.5. The third kappa shape index (κ3) is 4.01. The van der Waals surface area contributed by atoms with Gasteiger partial charge in [0.25, 0.3) is 0 Å². The van der Waals surface area contributed by atoms with Gasteiger partial charge in [0.15, 0.2) is 0 Å². The number of benzene rings is 1. The third-order valence-electron chi connectivity index (χ3n) is 4.12. The van der Waals surface area contributed by atoms with Crippen LogP contribution in [0, 0.1) is 5.92 Å². The van der Waals surface area contributed by atoms with Crippen molar-refractivity contribution in [1.82, 2.24) is 10.2 Å². The fourth-order valence-corrected chi connectivity index (χ4v) is 3.50. The Morgan fingerprint density at radius 3 is 2.69 bits per heavy atom. The van der Waals surface area contributed by atoms with Gasteiger partial charge in [0.1, 0.15) is 10.8 Å². The van der Waals surface area contributed by atoms with Crippen LogP contribution in [0.2, 0.25) is 0 Å². The molecule has 1 N–H and O–H groups in total. The van der Waals surface area contributed by atoms with Gasteiger partial charge < -0.3 is 15.0 Å². The molecule has 0 aliphatic carbocycles. The van der Waals surface area contributed by atoms with Crippen molar-refractivity contribution in [3.05, 3.63) is 29.3 Å². The SMILES string of the molecule is CCOc1ccc(N2C[C@H](C(=O)Nc3nnc(C(C)C)s3)CC2=O)cc1. The molecule has 1 aliphatic heterocycles. The molecule has 0 radical (unpaired) electrons. The van der Waals surface area contributed by atoms with E-state index in [0.29, 0.717) is 18.3 Å². The largest absolute Gasteiger partial charge is 0.494 e. The Balaban J connectivity index is 1.63. The average molecular weight is 374 g/mol. The Bertz CT molecular complexity index is 788. The molecule has 3 rings (SSSR count). The lowest BCUT2D eigenvalue weighted by Gasteiger charge is -2.17. The highest BCUT2D eigenvalue weighted by molar-refractivity contribution is 7.15. The fraction of sp³-hybridized carbons (Fsp3) is 0.444. The number of nitrogens with zero attached hydrogens (tertiary/aromatic N) is 3. The van der Waals surface area contributed by atoms with Gasteiger partial charge in [-0.2, -0.15) is 0 Å². The van der Waals surface area contributed by atoms with Crippen LogP contribution in [0.1, 0.15) is 38.1 Å². The molecular weight excluding hydrogens is 352 g/mol. The molecule has 1 saturated heterocycles. The first-order valence-electron chi connectivity index (χ1n) is 8.65. The molecule has 26 heavy (non-hydrogen) atoms. The van der Waals surface area contributed by atoms with Crippen molar-refractivity contribution in [2.45, 2.75) is 33.1 Å². The van der Waals surface area contributed by atoms with E-state index in [2.05, 4.69) is 15.5 Å². The summed E-state index contributed by atoms with van der Waals surface area (Å²) < 4.78 is 5.42. The van der Waals surface area contributed by atoms with E-state index >= 15 is 0 Å². The first-order valence-corrected chi connectivity index (χ1v) is 9.47. The second kappa shape index (κ2) is 7.82. The van der Waals surface area contributed by atoms with Gasteiger partial charge in [-0.3, -0.25) is 9.59 Å². The van der Waals surface area contributed by atoms with E-state index in [1.807, 2.05) is 45.0 Å².